The van der Waals surface area contributed by atoms with E-state index in [1.54, 1.807) is 12.1 Å². The van der Waals surface area contributed by atoms with Gasteiger partial charge in [-0.15, -0.1) is 0 Å². The predicted molar refractivity (Wildman–Crippen MR) is 84.9 cm³/mol. The lowest BCUT2D eigenvalue weighted by Gasteiger charge is -2.30. The Morgan fingerprint density at radius 2 is 1.86 bits per heavy atom. The van der Waals surface area contributed by atoms with E-state index in [9.17, 15) is 4.39 Å². The van der Waals surface area contributed by atoms with Crippen LogP contribution in [0.2, 0.25) is 0 Å². The minimum atomic E-state index is -0.156. The van der Waals surface area contributed by atoms with E-state index in [-0.39, 0.29) is 17.3 Å². The summed E-state index contributed by atoms with van der Waals surface area (Å²) in [4.78, 5) is 0. The van der Waals surface area contributed by atoms with E-state index in [4.69, 9.17) is 0 Å². The molecular formula is C19H22FN. The molecule has 0 aromatic heterocycles. The molecule has 0 aliphatic heterocycles. The summed E-state index contributed by atoms with van der Waals surface area (Å²) < 4.78 is 13.4. The minimum Gasteiger partial charge on any atom is -0.309 e. The quantitative estimate of drug-likeness (QED) is 0.851. The minimum absolute atomic E-state index is 0.156. The summed E-state index contributed by atoms with van der Waals surface area (Å²) in [7, 11) is 0. The van der Waals surface area contributed by atoms with Crippen LogP contribution in [0.3, 0.4) is 0 Å². The smallest absolute Gasteiger partial charge is 0.123 e. The molecule has 110 valence electrons. The van der Waals surface area contributed by atoms with Crippen LogP contribution in [-0.4, -0.2) is 6.54 Å². The van der Waals surface area contributed by atoms with Gasteiger partial charge < -0.3 is 5.32 Å². The fourth-order valence-electron chi connectivity index (χ4n) is 3.42. The summed E-state index contributed by atoms with van der Waals surface area (Å²) in [6.45, 7) is 5.05. The lowest BCUT2D eigenvalue weighted by molar-refractivity contribution is 0.437. The van der Waals surface area contributed by atoms with Crippen LogP contribution in [0.15, 0.2) is 48.5 Å². The van der Waals surface area contributed by atoms with Gasteiger partial charge in [0.15, 0.2) is 0 Å². The molecule has 21 heavy (non-hydrogen) atoms. The highest BCUT2D eigenvalue weighted by atomic mass is 19.1. The van der Waals surface area contributed by atoms with Gasteiger partial charge in [-0.3, -0.25) is 0 Å². The lowest BCUT2D eigenvalue weighted by Crippen LogP contribution is -2.32. The van der Waals surface area contributed by atoms with Gasteiger partial charge in [0.05, 0.1) is 0 Å². The van der Waals surface area contributed by atoms with E-state index in [1.807, 2.05) is 13.0 Å². The molecule has 1 saturated carbocycles. The average molecular weight is 283 g/mol. The summed E-state index contributed by atoms with van der Waals surface area (Å²) >= 11 is 0. The first-order chi connectivity index (χ1) is 10.2. The van der Waals surface area contributed by atoms with Crippen molar-refractivity contribution in [1.82, 2.24) is 5.32 Å². The van der Waals surface area contributed by atoms with E-state index in [2.05, 4.69) is 42.6 Å². The van der Waals surface area contributed by atoms with E-state index in [1.165, 1.54) is 24.0 Å². The van der Waals surface area contributed by atoms with Crippen LogP contribution >= 0.6 is 0 Å². The summed E-state index contributed by atoms with van der Waals surface area (Å²) in [5.74, 6) is -0.156. The highest BCUT2D eigenvalue weighted by Gasteiger charge is 2.51. The molecule has 2 aromatic rings. The molecule has 1 unspecified atom stereocenters. The number of likely N-dealkylation sites (N-methyl/N-ethyl adjacent to an activating group) is 1. The van der Waals surface area contributed by atoms with Crippen LogP contribution in [0.5, 0.6) is 0 Å². The zero-order chi connectivity index (χ0) is 14.9. The number of benzene rings is 2. The van der Waals surface area contributed by atoms with Crippen LogP contribution in [0.25, 0.3) is 0 Å². The zero-order valence-corrected chi connectivity index (χ0v) is 12.7. The van der Waals surface area contributed by atoms with Crippen molar-refractivity contribution in [3.63, 3.8) is 0 Å². The second-order valence-corrected chi connectivity index (χ2v) is 6.01. The molecule has 0 radical (unpaired) electrons. The van der Waals surface area contributed by atoms with Crippen molar-refractivity contribution >= 4 is 0 Å². The van der Waals surface area contributed by atoms with Crippen LogP contribution in [0, 0.1) is 12.7 Å². The molecule has 0 bridgehead atoms. The molecule has 2 heteroatoms. The third kappa shape index (κ3) is 2.60. The Bertz CT molecular complexity index is 617. The third-order valence-electron chi connectivity index (χ3n) is 4.64. The summed E-state index contributed by atoms with van der Waals surface area (Å²) in [6, 6.07) is 16.1. The monoisotopic (exact) mass is 283 g/mol. The van der Waals surface area contributed by atoms with Gasteiger partial charge in [-0.25, -0.2) is 4.39 Å². The van der Waals surface area contributed by atoms with E-state index in [0.717, 1.165) is 12.1 Å². The molecule has 0 amide bonds. The van der Waals surface area contributed by atoms with Crippen molar-refractivity contribution in [2.45, 2.75) is 38.1 Å². The van der Waals surface area contributed by atoms with Gasteiger partial charge in [0.25, 0.3) is 0 Å². The second kappa shape index (κ2) is 5.61. The van der Waals surface area contributed by atoms with E-state index in [0.29, 0.717) is 0 Å². The SMILES string of the molecule is CCNC(c1ccc(F)cc1C)C1(c2ccccc2)CC1. The normalized spacial score (nSPS) is 17.5. The number of hydrogen-bond donors (Lipinski definition) is 1. The topological polar surface area (TPSA) is 12.0 Å². The van der Waals surface area contributed by atoms with Crippen LogP contribution < -0.4 is 5.32 Å². The Hall–Kier alpha value is -1.67. The first kappa shape index (κ1) is 14.3. The highest BCUT2D eigenvalue weighted by molar-refractivity contribution is 5.41. The van der Waals surface area contributed by atoms with Gasteiger partial charge in [-0.1, -0.05) is 43.3 Å². The summed E-state index contributed by atoms with van der Waals surface area (Å²) in [5.41, 5.74) is 3.81. The molecule has 1 N–H and O–H groups in total. The molecule has 3 rings (SSSR count). The first-order valence-electron chi connectivity index (χ1n) is 7.72. The summed E-state index contributed by atoms with van der Waals surface area (Å²) in [5, 5.41) is 3.64. The number of rotatable bonds is 5. The number of hydrogen-bond acceptors (Lipinski definition) is 1. The standard InChI is InChI=1S/C19H22FN/c1-3-21-18(17-10-9-16(20)13-14(17)2)19(11-12-19)15-7-5-4-6-8-15/h4-10,13,18,21H,3,11-12H2,1-2H3. The van der Waals surface area contributed by atoms with E-state index >= 15 is 0 Å². The molecule has 2 aromatic carbocycles. The number of aryl methyl sites for hydroxylation is 1. The van der Waals surface area contributed by atoms with Gasteiger partial charge >= 0.3 is 0 Å². The van der Waals surface area contributed by atoms with Crippen LogP contribution in [0.4, 0.5) is 4.39 Å². The molecular weight excluding hydrogens is 261 g/mol. The Kier molecular flexibility index (Phi) is 3.81. The highest BCUT2D eigenvalue weighted by Crippen LogP contribution is 2.56. The molecule has 1 fully saturated rings. The maximum atomic E-state index is 13.4. The van der Waals surface area contributed by atoms with Crippen molar-refractivity contribution in [3.8, 4) is 0 Å². The van der Waals surface area contributed by atoms with Crippen molar-refractivity contribution in [3.05, 3.63) is 71.0 Å². The lowest BCUT2D eigenvalue weighted by atomic mass is 9.82. The molecule has 1 aliphatic carbocycles. The largest absolute Gasteiger partial charge is 0.309 e. The Balaban J connectivity index is 2.02. The molecule has 1 nitrogen and oxygen atoms in total. The predicted octanol–water partition coefficient (Wildman–Crippen LogP) is 4.52. The Morgan fingerprint density at radius 3 is 2.43 bits per heavy atom. The third-order valence-corrected chi connectivity index (χ3v) is 4.64. The van der Waals surface area contributed by atoms with Crippen molar-refractivity contribution < 1.29 is 4.39 Å². The maximum absolute atomic E-state index is 13.4. The van der Waals surface area contributed by atoms with Crippen LogP contribution in [0.1, 0.15) is 42.5 Å². The molecule has 0 spiro atoms. The van der Waals surface area contributed by atoms with Gasteiger partial charge in [0.1, 0.15) is 5.82 Å². The van der Waals surface area contributed by atoms with Crippen molar-refractivity contribution in [2.24, 2.45) is 0 Å². The zero-order valence-electron chi connectivity index (χ0n) is 12.7. The average Bonchev–Trinajstić information content (AvgIpc) is 3.28. The van der Waals surface area contributed by atoms with Gasteiger partial charge in [-0.2, -0.15) is 0 Å². The summed E-state index contributed by atoms with van der Waals surface area (Å²) in [6.07, 6.45) is 2.37. The molecule has 0 saturated heterocycles. The van der Waals surface area contributed by atoms with Gasteiger partial charge in [-0.05, 0) is 55.1 Å². The van der Waals surface area contributed by atoms with Gasteiger partial charge in [0, 0.05) is 11.5 Å². The van der Waals surface area contributed by atoms with E-state index < -0.39 is 0 Å². The number of nitrogens with one attached hydrogen (secondary N) is 1. The second-order valence-electron chi connectivity index (χ2n) is 6.01. The van der Waals surface area contributed by atoms with Gasteiger partial charge in [0.2, 0.25) is 0 Å². The van der Waals surface area contributed by atoms with Crippen molar-refractivity contribution in [2.75, 3.05) is 6.54 Å². The van der Waals surface area contributed by atoms with Crippen molar-refractivity contribution in [1.29, 1.82) is 0 Å². The maximum Gasteiger partial charge on any atom is 0.123 e. The van der Waals surface area contributed by atoms with Crippen LogP contribution in [-0.2, 0) is 5.41 Å². The fraction of sp³-hybridized carbons (Fsp3) is 0.368. The Morgan fingerprint density at radius 1 is 1.14 bits per heavy atom. The molecule has 1 aliphatic rings. The molecule has 0 heterocycles. The number of halogens is 1. The fourth-order valence-corrected chi connectivity index (χ4v) is 3.42. The Labute approximate surface area is 126 Å². The first-order valence-corrected chi connectivity index (χ1v) is 7.72. The molecule has 1 atom stereocenters.